The zero-order valence-corrected chi connectivity index (χ0v) is 10.7. The monoisotopic (exact) mass is 259 g/mol. The fourth-order valence-corrected chi connectivity index (χ4v) is 2.24. The Morgan fingerprint density at radius 3 is 2.06 bits per heavy atom. The molecule has 0 aromatic rings. The van der Waals surface area contributed by atoms with Gasteiger partial charge in [-0.1, -0.05) is 13.8 Å². The summed E-state index contributed by atoms with van der Waals surface area (Å²) in [5.41, 5.74) is 0. The van der Waals surface area contributed by atoms with E-state index in [2.05, 4.69) is 5.32 Å². The first-order valence-corrected chi connectivity index (χ1v) is 6.54. The average molecular weight is 259 g/mol. The number of halogens is 3. The van der Waals surface area contributed by atoms with Crippen LogP contribution in [0.2, 0.25) is 0 Å². The molecule has 2 nitrogen and oxygen atoms in total. The van der Waals surface area contributed by atoms with E-state index in [1.165, 1.54) is 0 Å². The molecule has 98 valence electrons. The van der Waals surface area contributed by atoms with Crippen LogP contribution in [0.4, 0.5) is 13.2 Å². The van der Waals surface area contributed by atoms with E-state index in [0.717, 1.165) is 12.8 Å². The molecular weight excluding hydrogens is 239 g/mol. The molecule has 0 aromatic carbocycles. The Morgan fingerprint density at radius 2 is 1.75 bits per heavy atom. The summed E-state index contributed by atoms with van der Waals surface area (Å²) in [7, 11) is 0. The number of aliphatic hydroxyl groups excluding tert-OH is 1. The van der Waals surface area contributed by atoms with Gasteiger partial charge in [0, 0.05) is 17.8 Å². The third-order valence-corrected chi connectivity index (χ3v) is 4.47. The highest BCUT2D eigenvalue weighted by Crippen LogP contribution is 2.29. The third kappa shape index (κ3) is 4.93. The molecule has 0 aliphatic heterocycles. The first-order valence-electron chi connectivity index (χ1n) is 5.32. The second-order valence-corrected chi connectivity index (χ2v) is 5.06. The molecule has 16 heavy (non-hydrogen) atoms. The van der Waals surface area contributed by atoms with Gasteiger partial charge in [-0.3, -0.25) is 0 Å². The molecule has 0 aliphatic carbocycles. The van der Waals surface area contributed by atoms with Gasteiger partial charge in [-0.05, 0) is 19.1 Å². The Hall–Kier alpha value is 0.0600. The van der Waals surface area contributed by atoms with Crippen molar-refractivity contribution >= 4 is 11.8 Å². The van der Waals surface area contributed by atoms with E-state index in [9.17, 15) is 13.2 Å². The van der Waals surface area contributed by atoms with Gasteiger partial charge in [0.1, 0.15) is 0 Å². The number of rotatable bonds is 7. The maximum atomic E-state index is 12.0. The van der Waals surface area contributed by atoms with Crippen molar-refractivity contribution < 1.29 is 18.3 Å². The van der Waals surface area contributed by atoms with Crippen LogP contribution in [0.1, 0.15) is 26.7 Å². The third-order valence-electron chi connectivity index (χ3n) is 2.88. The first kappa shape index (κ1) is 16.1. The molecule has 0 amide bonds. The Bertz CT molecular complexity index is 187. The van der Waals surface area contributed by atoms with Gasteiger partial charge in [-0.15, -0.1) is 0 Å². The number of nitrogens with one attached hydrogen (secondary N) is 1. The molecule has 6 heteroatoms. The number of hydrogen-bond acceptors (Lipinski definition) is 3. The molecule has 0 aliphatic rings. The molecule has 0 heterocycles. The maximum Gasteiger partial charge on any atom is 0.415 e. The zero-order valence-electron chi connectivity index (χ0n) is 9.90. The average Bonchev–Trinajstić information content (AvgIpc) is 2.23. The van der Waals surface area contributed by atoms with Crippen LogP contribution in [0, 0.1) is 0 Å². The van der Waals surface area contributed by atoms with Crippen molar-refractivity contribution in [1.82, 2.24) is 5.32 Å². The zero-order chi connectivity index (χ0) is 12.8. The van der Waals surface area contributed by atoms with Crippen LogP contribution in [0.3, 0.4) is 0 Å². The summed E-state index contributed by atoms with van der Waals surface area (Å²) in [6.07, 6.45) is -3.08. The highest BCUT2D eigenvalue weighted by Gasteiger charge is 2.38. The summed E-state index contributed by atoms with van der Waals surface area (Å²) in [4.78, 5) is 0. The Morgan fingerprint density at radius 1 is 1.25 bits per heavy atom. The van der Waals surface area contributed by atoms with Gasteiger partial charge >= 0.3 is 6.18 Å². The number of thioether (sulfide) groups is 1. The summed E-state index contributed by atoms with van der Waals surface area (Å²) in [5.74, 6) is 0. The standard InChI is InChI=1S/C10H20F3NOS/c1-4-9(5-2,16-3)7-14-6-8(15)10(11,12)13/h8,14-15H,4-7H2,1-3H3. The van der Waals surface area contributed by atoms with Crippen molar-refractivity contribution in [3.8, 4) is 0 Å². The lowest BCUT2D eigenvalue weighted by atomic mass is 10.0. The van der Waals surface area contributed by atoms with Crippen LogP contribution in [-0.2, 0) is 0 Å². The van der Waals surface area contributed by atoms with Crippen LogP contribution in [-0.4, -0.2) is 41.5 Å². The van der Waals surface area contributed by atoms with Crippen molar-refractivity contribution in [3.63, 3.8) is 0 Å². The van der Waals surface area contributed by atoms with Gasteiger partial charge in [0.2, 0.25) is 0 Å². The van der Waals surface area contributed by atoms with E-state index in [1.807, 2.05) is 20.1 Å². The smallest absolute Gasteiger partial charge is 0.382 e. The van der Waals surface area contributed by atoms with E-state index >= 15 is 0 Å². The molecule has 0 rings (SSSR count). The molecule has 0 radical (unpaired) electrons. The minimum atomic E-state index is -4.53. The molecular formula is C10H20F3NOS. The first-order chi connectivity index (χ1) is 7.31. The lowest BCUT2D eigenvalue weighted by Crippen LogP contribution is -2.44. The lowest BCUT2D eigenvalue weighted by molar-refractivity contribution is -0.201. The largest absolute Gasteiger partial charge is 0.415 e. The van der Waals surface area contributed by atoms with Gasteiger partial charge in [0.25, 0.3) is 0 Å². The summed E-state index contributed by atoms with van der Waals surface area (Å²) >= 11 is 1.65. The summed E-state index contributed by atoms with van der Waals surface area (Å²) in [5, 5.41) is 11.5. The summed E-state index contributed by atoms with van der Waals surface area (Å²) in [6.45, 7) is 4.07. The summed E-state index contributed by atoms with van der Waals surface area (Å²) in [6, 6.07) is 0. The van der Waals surface area contributed by atoms with Gasteiger partial charge in [-0.25, -0.2) is 0 Å². The molecule has 1 atom stereocenters. The van der Waals surface area contributed by atoms with E-state index < -0.39 is 18.8 Å². The highest BCUT2D eigenvalue weighted by atomic mass is 32.2. The fraction of sp³-hybridized carbons (Fsp3) is 1.00. The van der Waals surface area contributed by atoms with E-state index in [4.69, 9.17) is 5.11 Å². The van der Waals surface area contributed by atoms with Crippen LogP contribution < -0.4 is 5.32 Å². The van der Waals surface area contributed by atoms with E-state index in [-0.39, 0.29) is 4.75 Å². The second kappa shape index (κ2) is 6.71. The van der Waals surface area contributed by atoms with E-state index in [0.29, 0.717) is 6.54 Å². The Labute approximate surface area is 99.0 Å². The minimum absolute atomic E-state index is 0.0364. The van der Waals surface area contributed by atoms with Gasteiger partial charge in [0.05, 0.1) is 0 Å². The Kier molecular flexibility index (Phi) is 6.74. The van der Waals surface area contributed by atoms with Crippen LogP contribution in [0.25, 0.3) is 0 Å². The SMILES string of the molecule is CCC(CC)(CNCC(O)C(F)(F)F)SC. The quantitative estimate of drug-likeness (QED) is 0.736. The number of aliphatic hydroxyl groups is 1. The Balaban J connectivity index is 4.05. The van der Waals surface area contributed by atoms with Crippen LogP contribution in [0.15, 0.2) is 0 Å². The van der Waals surface area contributed by atoms with Crippen LogP contribution >= 0.6 is 11.8 Å². The lowest BCUT2D eigenvalue weighted by Gasteiger charge is -2.30. The molecule has 0 saturated carbocycles. The van der Waals surface area contributed by atoms with Crippen molar-refractivity contribution in [1.29, 1.82) is 0 Å². The maximum absolute atomic E-state index is 12.0. The predicted octanol–water partition coefficient (Wildman–Crippen LogP) is 2.42. The van der Waals surface area contributed by atoms with Crippen molar-refractivity contribution in [3.05, 3.63) is 0 Å². The van der Waals surface area contributed by atoms with Crippen molar-refractivity contribution in [2.45, 2.75) is 43.7 Å². The van der Waals surface area contributed by atoms with E-state index in [1.54, 1.807) is 11.8 Å². The molecule has 2 N–H and O–H groups in total. The molecule has 0 fully saturated rings. The number of hydrogen-bond donors (Lipinski definition) is 2. The molecule has 0 aromatic heterocycles. The highest BCUT2D eigenvalue weighted by molar-refractivity contribution is 8.00. The topological polar surface area (TPSA) is 32.3 Å². The molecule has 0 saturated heterocycles. The normalized spacial score (nSPS) is 15.2. The van der Waals surface area contributed by atoms with Crippen molar-refractivity contribution in [2.24, 2.45) is 0 Å². The van der Waals surface area contributed by atoms with Gasteiger partial charge < -0.3 is 10.4 Å². The molecule has 0 spiro atoms. The van der Waals surface area contributed by atoms with Crippen molar-refractivity contribution in [2.75, 3.05) is 19.3 Å². The summed E-state index contributed by atoms with van der Waals surface area (Å²) < 4.78 is 36.0. The van der Waals surface area contributed by atoms with Gasteiger partial charge in [0.15, 0.2) is 6.10 Å². The van der Waals surface area contributed by atoms with Crippen LogP contribution in [0.5, 0.6) is 0 Å². The predicted molar refractivity (Wildman–Crippen MR) is 61.8 cm³/mol. The fourth-order valence-electron chi connectivity index (χ4n) is 1.41. The number of alkyl halides is 3. The minimum Gasteiger partial charge on any atom is -0.382 e. The molecule has 1 unspecified atom stereocenters. The second-order valence-electron chi connectivity index (χ2n) is 3.78. The molecule has 0 bridgehead atoms. The van der Waals surface area contributed by atoms with Gasteiger partial charge in [-0.2, -0.15) is 24.9 Å².